The van der Waals surface area contributed by atoms with E-state index in [0.717, 1.165) is 11.3 Å². The molecule has 1 aromatic heterocycles. The Hall–Kier alpha value is -1.84. The van der Waals surface area contributed by atoms with Gasteiger partial charge >= 0.3 is 13.2 Å². The maximum atomic E-state index is 12.2. The molecule has 172 valence electrons. The Labute approximate surface area is 185 Å². The number of aromatic nitrogens is 1. The monoisotopic (exact) mass is 433 g/mol. The molecule has 3 heterocycles. The Balaban J connectivity index is 1.60. The van der Waals surface area contributed by atoms with E-state index in [1.54, 1.807) is 6.20 Å². The maximum Gasteiger partial charge on any atom is 0.496 e. The number of rotatable bonds is 4. The number of nitrogens with one attached hydrogen (secondary N) is 1. The summed E-state index contributed by atoms with van der Waals surface area (Å²) in [6, 6.07) is 3.95. The smallest absolute Gasteiger partial charge is 0.444 e. The van der Waals surface area contributed by atoms with Crippen molar-refractivity contribution in [2.24, 2.45) is 0 Å². The fourth-order valence-corrected chi connectivity index (χ4v) is 3.71. The number of aliphatic hydroxyl groups is 1. The minimum Gasteiger partial charge on any atom is -0.444 e. The number of ether oxygens (including phenoxy) is 1. The number of nitrogens with zero attached hydrogens (tertiary/aromatic N) is 2. The van der Waals surface area contributed by atoms with Crippen LogP contribution in [0.25, 0.3) is 0 Å². The van der Waals surface area contributed by atoms with E-state index in [2.05, 4.69) is 15.2 Å². The van der Waals surface area contributed by atoms with Gasteiger partial charge in [0.1, 0.15) is 11.4 Å². The van der Waals surface area contributed by atoms with E-state index >= 15 is 0 Å². The van der Waals surface area contributed by atoms with Gasteiger partial charge in [-0.1, -0.05) is 6.07 Å². The van der Waals surface area contributed by atoms with Crippen LogP contribution < -0.4 is 15.7 Å². The third kappa shape index (κ3) is 5.33. The summed E-state index contributed by atoms with van der Waals surface area (Å²) < 4.78 is 17.5. The van der Waals surface area contributed by atoms with E-state index in [9.17, 15) is 9.90 Å². The molecule has 31 heavy (non-hydrogen) atoms. The number of anilines is 1. The van der Waals surface area contributed by atoms with Crippen LogP contribution in [0.1, 0.15) is 61.3 Å². The molecule has 2 aliphatic heterocycles. The van der Waals surface area contributed by atoms with Crippen molar-refractivity contribution >= 4 is 24.5 Å². The van der Waals surface area contributed by atoms with Gasteiger partial charge in [0, 0.05) is 24.7 Å². The molecule has 2 aliphatic rings. The first-order valence-corrected chi connectivity index (χ1v) is 10.9. The lowest BCUT2D eigenvalue weighted by Gasteiger charge is -2.41. The molecule has 0 spiro atoms. The van der Waals surface area contributed by atoms with Gasteiger partial charge < -0.3 is 29.4 Å². The fourth-order valence-electron chi connectivity index (χ4n) is 3.71. The lowest BCUT2D eigenvalue weighted by atomic mass is 9.80. The lowest BCUT2D eigenvalue weighted by Crippen LogP contribution is -2.58. The quantitative estimate of drug-likeness (QED) is 0.704. The van der Waals surface area contributed by atoms with Crippen molar-refractivity contribution in [3.05, 3.63) is 18.3 Å². The predicted octanol–water partition coefficient (Wildman–Crippen LogP) is 2.24. The molecule has 0 radical (unpaired) electrons. The molecule has 0 unspecified atom stereocenters. The molecular weight excluding hydrogens is 397 g/mol. The third-order valence-corrected chi connectivity index (χ3v) is 6.41. The van der Waals surface area contributed by atoms with Gasteiger partial charge in [0.25, 0.3) is 0 Å². The summed E-state index contributed by atoms with van der Waals surface area (Å²) in [4.78, 5) is 19.0. The van der Waals surface area contributed by atoms with Crippen LogP contribution in [0.2, 0.25) is 0 Å². The minimum atomic E-state index is -0.679. The van der Waals surface area contributed by atoms with Crippen LogP contribution in [-0.2, 0) is 14.0 Å². The Morgan fingerprint density at radius 1 is 1.19 bits per heavy atom. The number of carbonyl (C=O) groups excluding carboxylic acids is 1. The SMILES string of the molecule is CC(C)(C)OC(=O)NC1(CO)CCN(c2ccc(B3OC(C)(C)C(C)(C)O3)cn2)CC1. The number of aliphatic hydroxyl groups excluding tert-OH is 1. The summed E-state index contributed by atoms with van der Waals surface area (Å²) in [6.07, 6.45) is 2.50. The van der Waals surface area contributed by atoms with Gasteiger partial charge in [0.15, 0.2) is 0 Å². The summed E-state index contributed by atoms with van der Waals surface area (Å²) in [7, 11) is -0.437. The zero-order chi connectivity index (χ0) is 23.1. The standard InChI is InChI=1S/C22H36BN3O5/c1-19(2,3)29-18(28)25-22(15-27)10-12-26(13-11-22)17-9-8-16(14-24-17)23-30-20(4,5)21(6,7)31-23/h8-9,14,27H,10-13,15H2,1-7H3,(H,25,28). The summed E-state index contributed by atoms with van der Waals surface area (Å²) in [5, 5.41) is 12.8. The van der Waals surface area contributed by atoms with Crippen LogP contribution in [0.15, 0.2) is 18.3 Å². The number of hydrogen-bond donors (Lipinski definition) is 2. The van der Waals surface area contributed by atoms with E-state index in [4.69, 9.17) is 14.0 Å². The lowest BCUT2D eigenvalue weighted by molar-refractivity contribution is 0.00578. The van der Waals surface area contributed by atoms with Crippen LogP contribution >= 0.6 is 0 Å². The molecule has 0 bridgehead atoms. The molecule has 0 aromatic carbocycles. The summed E-state index contributed by atoms with van der Waals surface area (Å²) in [6.45, 7) is 14.8. The normalized spacial score (nSPS) is 22.3. The van der Waals surface area contributed by atoms with Gasteiger partial charge in [-0.15, -0.1) is 0 Å². The Morgan fingerprint density at radius 3 is 2.23 bits per heavy atom. The van der Waals surface area contributed by atoms with Crippen LogP contribution in [0, 0.1) is 0 Å². The third-order valence-electron chi connectivity index (χ3n) is 6.41. The molecule has 0 saturated carbocycles. The van der Waals surface area contributed by atoms with Crippen molar-refractivity contribution in [2.75, 3.05) is 24.6 Å². The Kier molecular flexibility index (Phi) is 6.35. The first kappa shape index (κ1) is 23.8. The summed E-state index contributed by atoms with van der Waals surface area (Å²) in [5.41, 5.74) is -1.16. The van der Waals surface area contributed by atoms with Gasteiger partial charge in [-0.05, 0) is 67.4 Å². The zero-order valence-electron chi connectivity index (χ0n) is 19.8. The molecule has 2 fully saturated rings. The molecule has 8 nitrogen and oxygen atoms in total. The van der Waals surface area contributed by atoms with Crippen LogP contribution in [0.3, 0.4) is 0 Å². The maximum absolute atomic E-state index is 12.2. The van der Waals surface area contributed by atoms with Crippen molar-refractivity contribution in [2.45, 2.75) is 83.6 Å². The van der Waals surface area contributed by atoms with Gasteiger partial charge in [-0.3, -0.25) is 0 Å². The largest absolute Gasteiger partial charge is 0.496 e. The van der Waals surface area contributed by atoms with Gasteiger partial charge in [0.2, 0.25) is 0 Å². The number of pyridine rings is 1. The summed E-state index contributed by atoms with van der Waals surface area (Å²) >= 11 is 0. The first-order valence-electron chi connectivity index (χ1n) is 10.9. The average Bonchev–Trinajstić information content (AvgIpc) is 2.88. The Bertz CT molecular complexity index is 767. The highest BCUT2D eigenvalue weighted by atomic mass is 16.7. The van der Waals surface area contributed by atoms with E-state index < -0.39 is 35.6 Å². The van der Waals surface area contributed by atoms with E-state index in [1.165, 1.54) is 0 Å². The highest BCUT2D eigenvalue weighted by Crippen LogP contribution is 2.36. The molecule has 0 atom stereocenters. The molecular formula is C22H36BN3O5. The number of amides is 1. The van der Waals surface area contributed by atoms with Crippen molar-refractivity contribution in [3.8, 4) is 0 Å². The van der Waals surface area contributed by atoms with E-state index in [-0.39, 0.29) is 6.61 Å². The second-order valence-corrected chi connectivity index (χ2v) is 10.6. The molecule has 2 saturated heterocycles. The van der Waals surface area contributed by atoms with Crippen molar-refractivity contribution in [1.29, 1.82) is 0 Å². The number of hydrogen-bond acceptors (Lipinski definition) is 7. The van der Waals surface area contributed by atoms with Crippen molar-refractivity contribution < 1.29 is 23.9 Å². The number of piperidine rings is 1. The van der Waals surface area contributed by atoms with Crippen molar-refractivity contribution in [3.63, 3.8) is 0 Å². The molecule has 3 rings (SSSR count). The molecule has 2 N–H and O–H groups in total. The number of alkyl carbamates (subject to hydrolysis) is 1. The van der Waals surface area contributed by atoms with E-state index in [0.29, 0.717) is 25.9 Å². The molecule has 1 aromatic rings. The van der Waals surface area contributed by atoms with Gasteiger partial charge in [-0.2, -0.15) is 0 Å². The number of carbonyl (C=O) groups is 1. The Morgan fingerprint density at radius 2 is 1.77 bits per heavy atom. The molecule has 9 heteroatoms. The highest BCUT2D eigenvalue weighted by molar-refractivity contribution is 6.62. The van der Waals surface area contributed by atoms with E-state index in [1.807, 2.05) is 60.6 Å². The molecule has 1 amide bonds. The summed E-state index contributed by atoms with van der Waals surface area (Å²) in [5.74, 6) is 0.851. The highest BCUT2D eigenvalue weighted by Gasteiger charge is 2.51. The second kappa shape index (κ2) is 8.26. The predicted molar refractivity (Wildman–Crippen MR) is 121 cm³/mol. The zero-order valence-corrected chi connectivity index (χ0v) is 19.8. The second-order valence-electron chi connectivity index (χ2n) is 10.6. The van der Waals surface area contributed by atoms with Gasteiger partial charge in [-0.25, -0.2) is 9.78 Å². The van der Waals surface area contributed by atoms with Crippen molar-refractivity contribution in [1.82, 2.24) is 10.3 Å². The molecule has 0 aliphatic carbocycles. The van der Waals surface area contributed by atoms with Gasteiger partial charge in [0.05, 0.1) is 23.3 Å². The van der Waals surface area contributed by atoms with Crippen LogP contribution in [-0.4, -0.2) is 65.3 Å². The minimum absolute atomic E-state index is 0.131. The van der Waals surface area contributed by atoms with Crippen LogP contribution in [0.4, 0.5) is 10.6 Å². The first-order chi connectivity index (χ1) is 14.3. The average molecular weight is 433 g/mol. The topological polar surface area (TPSA) is 93.2 Å². The van der Waals surface area contributed by atoms with Crippen LogP contribution in [0.5, 0.6) is 0 Å². The fraction of sp³-hybridized carbons (Fsp3) is 0.727.